The molecule has 52 valence electrons. The summed E-state index contributed by atoms with van der Waals surface area (Å²) in [6, 6.07) is 0. The molecule has 2 unspecified atom stereocenters. The molecule has 0 bridgehead atoms. The molecule has 3 nitrogen and oxygen atoms in total. The molecule has 1 rings (SSSR count). The number of alkyl halides is 1. The molecule has 0 aromatic heterocycles. The average molecular weight is 150 g/mol. The van der Waals surface area contributed by atoms with Crippen LogP contribution in [0.15, 0.2) is 0 Å². The zero-order valence-electron chi connectivity index (χ0n) is 4.84. The fourth-order valence-corrected chi connectivity index (χ4v) is 0.819. The van der Waals surface area contributed by atoms with Crippen LogP contribution in [0.3, 0.4) is 0 Å². The first-order valence-corrected chi connectivity index (χ1v) is 3.21. The molecule has 1 heterocycles. The number of halogens is 1. The van der Waals surface area contributed by atoms with Crippen molar-refractivity contribution in [3.05, 3.63) is 0 Å². The molecule has 0 spiro atoms. The molecular weight excluding hydrogens is 142 g/mol. The van der Waals surface area contributed by atoms with Crippen LogP contribution < -0.4 is 5.32 Å². The molecule has 1 aliphatic heterocycles. The normalized spacial score (nSPS) is 36.1. The van der Waals surface area contributed by atoms with Gasteiger partial charge in [0.1, 0.15) is 17.9 Å². The van der Waals surface area contributed by atoms with Gasteiger partial charge in [-0.1, -0.05) is 0 Å². The maximum atomic E-state index is 10.1. The Labute approximate surface area is 58.3 Å². The van der Waals surface area contributed by atoms with Crippen LogP contribution in [0.25, 0.3) is 0 Å². The minimum Gasteiger partial charge on any atom is -0.366 e. The maximum absolute atomic E-state index is 10.1. The van der Waals surface area contributed by atoms with E-state index < -0.39 is 0 Å². The lowest BCUT2D eigenvalue weighted by molar-refractivity contribution is -0.119. The van der Waals surface area contributed by atoms with Crippen LogP contribution in [0, 0.1) is 0 Å². The molecule has 1 fully saturated rings. The van der Waals surface area contributed by atoms with E-state index >= 15 is 0 Å². The summed E-state index contributed by atoms with van der Waals surface area (Å²) in [5.41, 5.74) is -0.138. The Morgan fingerprint density at radius 2 is 2.56 bits per heavy atom. The molecule has 0 aromatic rings. The second-order valence-corrected chi connectivity index (χ2v) is 2.41. The largest absolute Gasteiger partial charge is 0.366 e. The van der Waals surface area contributed by atoms with Crippen molar-refractivity contribution in [1.29, 1.82) is 0 Å². The molecule has 0 aromatic carbocycles. The molecule has 0 radical (unpaired) electrons. The summed E-state index contributed by atoms with van der Waals surface area (Å²) in [6.07, 6.45) is 0.468. The topological polar surface area (TPSA) is 38.3 Å². The van der Waals surface area contributed by atoms with Crippen molar-refractivity contribution in [2.45, 2.75) is 11.6 Å². The summed E-state index contributed by atoms with van der Waals surface area (Å²) in [5.74, 6) is 0. The van der Waals surface area contributed by atoms with Gasteiger partial charge in [-0.15, -0.1) is 11.6 Å². The molecule has 2 atom stereocenters. The number of morpholine rings is 1. The number of carbonyl (C=O) groups is 1. The molecular formula is C5H8ClNO2. The van der Waals surface area contributed by atoms with Gasteiger partial charge in [0, 0.05) is 6.54 Å². The average Bonchev–Trinajstić information content (AvgIpc) is 1.90. The number of aldehydes is 1. The van der Waals surface area contributed by atoms with E-state index in [0.717, 1.165) is 6.29 Å². The number of hydrogen-bond donors (Lipinski definition) is 1. The summed E-state index contributed by atoms with van der Waals surface area (Å²) in [4.78, 5) is 10.1. The lowest BCUT2D eigenvalue weighted by Gasteiger charge is -2.22. The smallest absolute Gasteiger partial charge is 0.150 e. The zero-order chi connectivity index (χ0) is 6.69. The molecule has 0 amide bonds. The third-order valence-electron chi connectivity index (χ3n) is 1.15. The van der Waals surface area contributed by atoms with Gasteiger partial charge in [-0.25, -0.2) is 0 Å². The molecule has 4 heteroatoms. The third-order valence-corrected chi connectivity index (χ3v) is 1.43. The van der Waals surface area contributed by atoms with Gasteiger partial charge < -0.3 is 9.53 Å². The first kappa shape index (κ1) is 6.99. The highest BCUT2D eigenvalue weighted by Crippen LogP contribution is 2.01. The predicted octanol–water partition coefficient (Wildman–Crippen LogP) is -0.261. The molecule has 0 aliphatic carbocycles. The zero-order valence-corrected chi connectivity index (χ0v) is 5.60. The third kappa shape index (κ3) is 1.93. The molecule has 9 heavy (non-hydrogen) atoms. The van der Waals surface area contributed by atoms with Crippen molar-refractivity contribution in [2.24, 2.45) is 0 Å². The van der Waals surface area contributed by atoms with Crippen molar-refractivity contribution < 1.29 is 9.53 Å². The van der Waals surface area contributed by atoms with Gasteiger partial charge in [0.05, 0.1) is 6.61 Å². The van der Waals surface area contributed by atoms with Crippen LogP contribution in [0.1, 0.15) is 0 Å². The van der Waals surface area contributed by atoms with Crippen LogP contribution in [0.4, 0.5) is 0 Å². The molecule has 0 saturated carbocycles. The maximum Gasteiger partial charge on any atom is 0.150 e. The first-order chi connectivity index (χ1) is 4.33. The van der Waals surface area contributed by atoms with Gasteiger partial charge in [0.2, 0.25) is 0 Å². The van der Waals surface area contributed by atoms with E-state index in [1.807, 2.05) is 0 Å². The summed E-state index contributed by atoms with van der Waals surface area (Å²) in [6.45, 7) is 0.933. The Bertz CT molecular complexity index is 101. The minimum atomic E-state index is -0.306. The standard InChI is InChI=1S/C5H8ClNO2/c6-5-3-9-4(2-8)1-7-5/h2,4-5,7H,1,3H2. The molecule has 1 saturated heterocycles. The van der Waals surface area contributed by atoms with E-state index in [1.54, 1.807) is 0 Å². The Kier molecular flexibility index (Phi) is 2.45. The van der Waals surface area contributed by atoms with Crippen molar-refractivity contribution in [3.8, 4) is 0 Å². The summed E-state index contributed by atoms with van der Waals surface area (Å²) >= 11 is 5.59. The fourth-order valence-electron chi connectivity index (χ4n) is 0.657. The molecule has 1 aliphatic rings. The van der Waals surface area contributed by atoms with E-state index in [2.05, 4.69) is 5.32 Å². The summed E-state index contributed by atoms with van der Waals surface area (Å²) < 4.78 is 4.98. The van der Waals surface area contributed by atoms with Crippen LogP contribution >= 0.6 is 11.6 Å². The van der Waals surface area contributed by atoms with Crippen LogP contribution in [-0.4, -0.2) is 31.0 Å². The van der Waals surface area contributed by atoms with E-state index in [1.165, 1.54) is 0 Å². The van der Waals surface area contributed by atoms with Crippen molar-refractivity contribution in [2.75, 3.05) is 13.2 Å². The summed E-state index contributed by atoms with van der Waals surface area (Å²) in [5, 5.41) is 2.89. The second-order valence-electron chi connectivity index (χ2n) is 1.88. The van der Waals surface area contributed by atoms with E-state index in [4.69, 9.17) is 16.3 Å². The van der Waals surface area contributed by atoms with E-state index in [-0.39, 0.29) is 11.6 Å². The predicted molar refractivity (Wildman–Crippen MR) is 33.4 cm³/mol. The number of nitrogens with one attached hydrogen (secondary N) is 1. The lowest BCUT2D eigenvalue weighted by Crippen LogP contribution is -2.44. The fraction of sp³-hybridized carbons (Fsp3) is 0.800. The number of hydrogen-bond acceptors (Lipinski definition) is 3. The Balaban J connectivity index is 2.26. The van der Waals surface area contributed by atoms with Crippen molar-refractivity contribution >= 4 is 17.9 Å². The number of carbonyl (C=O) groups excluding carboxylic acids is 1. The van der Waals surface area contributed by atoms with Gasteiger partial charge in [-0.05, 0) is 0 Å². The number of rotatable bonds is 1. The second kappa shape index (κ2) is 3.15. The highest BCUT2D eigenvalue weighted by Gasteiger charge is 2.17. The van der Waals surface area contributed by atoms with Gasteiger partial charge >= 0.3 is 0 Å². The van der Waals surface area contributed by atoms with Gasteiger partial charge in [0.25, 0.3) is 0 Å². The monoisotopic (exact) mass is 149 g/mol. The molecule has 1 N–H and O–H groups in total. The Morgan fingerprint density at radius 3 is 3.00 bits per heavy atom. The quantitative estimate of drug-likeness (QED) is 0.317. The van der Waals surface area contributed by atoms with Gasteiger partial charge in [-0.3, -0.25) is 5.32 Å². The lowest BCUT2D eigenvalue weighted by atomic mass is 10.3. The van der Waals surface area contributed by atoms with Gasteiger partial charge in [-0.2, -0.15) is 0 Å². The number of ether oxygens (including phenoxy) is 1. The SMILES string of the molecule is O=CC1CNC(Cl)CO1. The Morgan fingerprint density at radius 1 is 1.78 bits per heavy atom. The van der Waals surface area contributed by atoms with E-state index in [0.29, 0.717) is 13.2 Å². The Hall–Kier alpha value is -0.120. The van der Waals surface area contributed by atoms with E-state index in [9.17, 15) is 4.79 Å². The first-order valence-electron chi connectivity index (χ1n) is 2.77. The van der Waals surface area contributed by atoms with Crippen LogP contribution in [0.5, 0.6) is 0 Å². The highest BCUT2D eigenvalue weighted by atomic mass is 35.5. The van der Waals surface area contributed by atoms with Crippen molar-refractivity contribution in [1.82, 2.24) is 5.32 Å². The van der Waals surface area contributed by atoms with Gasteiger partial charge in [0.15, 0.2) is 0 Å². The highest BCUT2D eigenvalue weighted by molar-refractivity contribution is 6.20. The summed E-state index contributed by atoms with van der Waals surface area (Å²) in [7, 11) is 0. The van der Waals surface area contributed by atoms with Crippen LogP contribution in [0.2, 0.25) is 0 Å². The van der Waals surface area contributed by atoms with Crippen LogP contribution in [-0.2, 0) is 9.53 Å². The minimum absolute atomic E-state index is 0.138. The van der Waals surface area contributed by atoms with Crippen molar-refractivity contribution in [3.63, 3.8) is 0 Å².